The van der Waals surface area contributed by atoms with Crippen LogP contribution in [-0.2, 0) is 4.74 Å². The molecule has 0 heterocycles. The third-order valence-corrected chi connectivity index (χ3v) is 2.58. The van der Waals surface area contributed by atoms with Crippen LogP contribution in [0, 0.1) is 0 Å². The summed E-state index contributed by atoms with van der Waals surface area (Å²) in [6.07, 6.45) is 6.97. The van der Waals surface area contributed by atoms with E-state index in [0.29, 0.717) is 6.04 Å². The molecule has 0 atom stereocenters. The Morgan fingerprint density at radius 1 is 1.13 bits per heavy atom. The molecule has 0 bridgehead atoms. The van der Waals surface area contributed by atoms with Gasteiger partial charge in [-0.1, -0.05) is 25.7 Å². The number of amides is 1. The molecular formula is C12H23NO2. The highest BCUT2D eigenvalue weighted by atomic mass is 16.6. The molecule has 1 aliphatic carbocycles. The van der Waals surface area contributed by atoms with Crippen molar-refractivity contribution >= 4 is 6.09 Å². The smallest absolute Gasteiger partial charge is 0.407 e. The van der Waals surface area contributed by atoms with Crippen molar-refractivity contribution in [1.82, 2.24) is 5.32 Å². The summed E-state index contributed by atoms with van der Waals surface area (Å²) < 4.78 is 5.23. The molecule has 1 aliphatic rings. The number of hydrogen-bond donors (Lipinski definition) is 1. The topological polar surface area (TPSA) is 38.3 Å². The third-order valence-electron chi connectivity index (χ3n) is 2.58. The number of carbonyl (C=O) groups is 1. The average molecular weight is 213 g/mol. The molecule has 0 unspecified atom stereocenters. The number of rotatable bonds is 1. The van der Waals surface area contributed by atoms with Crippen LogP contribution < -0.4 is 5.32 Å². The van der Waals surface area contributed by atoms with Crippen LogP contribution in [-0.4, -0.2) is 17.7 Å². The van der Waals surface area contributed by atoms with Gasteiger partial charge in [0.15, 0.2) is 0 Å². The maximum absolute atomic E-state index is 11.5. The Kier molecular flexibility index (Phi) is 4.43. The van der Waals surface area contributed by atoms with Gasteiger partial charge in [0.05, 0.1) is 0 Å². The second kappa shape index (κ2) is 5.38. The number of nitrogens with one attached hydrogen (secondary N) is 1. The van der Waals surface area contributed by atoms with Gasteiger partial charge in [-0.25, -0.2) is 4.79 Å². The van der Waals surface area contributed by atoms with E-state index in [1.54, 1.807) is 0 Å². The Morgan fingerprint density at radius 3 is 2.13 bits per heavy atom. The SMILES string of the molecule is CC(C)(C)OC(=O)NC1CCCCCC1. The summed E-state index contributed by atoms with van der Waals surface area (Å²) in [6, 6.07) is 0.322. The van der Waals surface area contributed by atoms with Crippen LogP contribution in [0.4, 0.5) is 4.79 Å². The van der Waals surface area contributed by atoms with E-state index in [4.69, 9.17) is 4.74 Å². The van der Waals surface area contributed by atoms with Crippen molar-refractivity contribution in [2.45, 2.75) is 70.9 Å². The largest absolute Gasteiger partial charge is 0.444 e. The summed E-state index contributed by atoms with van der Waals surface area (Å²) in [5.74, 6) is 0. The Hall–Kier alpha value is -0.730. The highest BCUT2D eigenvalue weighted by Crippen LogP contribution is 2.17. The van der Waals surface area contributed by atoms with E-state index in [-0.39, 0.29) is 6.09 Å². The predicted molar refractivity (Wildman–Crippen MR) is 60.9 cm³/mol. The van der Waals surface area contributed by atoms with Crippen LogP contribution in [0.1, 0.15) is 59.3 Å². The summed E-state index contributed by atoms with van der Waals surface area (Å²) in [6.45, 7) is 5.67. The first kappa shape index (κ1) is 12.3. The third kappa shape index (κ3) is 5.65. The molecule has 0 spiro atoms. The molecule has 0 aromatic rings. The summed E-state index contributed by atoms with van der Waals surface area (Å²) in [5, 5.41) is 2.95. The van der Waals surface area contributed by atoms with Crippen molar-refractivity contribution in [3.05, 3.63) is 0 Å². The van der Waals surface area contributed by atoms with E-state index in [9.17, 15) is 4.79 Å². The van der Waals surface area contributed by atoms with E-state index in [2.05, 4.69) is 5.32 Å². The monoisotopic (exact) mass is 213 g/mol. The Bertz CT molecular complexity index is 200. The molecule has 0 aromatic carbocycles. The van der Waals surface area contributed by atoms with Crippen molar-refractivity contribution in [2.75, 3.05) is 0 Å². The summed E-state index contributed by atoms with van der Waals surface area (Å²) in [4.78, 5) is 11.5. The van der Waals surface area contributed by atoms with Crippen molar-refractivity contribution < 1.29 is 9.53 Å². The number of carbonyl (C=O) groups excluding carboxylic acids is 1. The normalized spacial score (nSPS) is 19.4. The Morgan fingerprint density at radius 2 is 1.67 bits per heavy atom. The average Bonchev–Trinajstić information content (AvgIpc) is 2.28. The van der Waals surface area contributed by atoms with Gasteiger partial charge in [0.1, 0.15) is 5.60 Å². The van der Waals surface area contributed by atoms with E-state index < -0.39 is 5.60 Å². The fourth-order valence-electron chi connectivity index (χ4n) is 1.90. The lowest BCUT2D eigenvalue weighted by atomic mass is 10.1. The molecule has 1 saturated carbocycles. The zero-order valence-corrected chi connectivity index (χ0v) is 10.1. The van der Waals surface area contributed by atoms with Gasteiger partial charge in [-0.15, -0.1) is 0 Å². The first-order valence-electron chi connectivity index (χ1n) is 5.97. The first-order valence-corrected chi connectivity index (χ1v) is 5.97. The fraction of sp³-hybridized carbons (Fsp3) is 0.917. The van der Waals surface area contributed by atoms with Crippen molar-refractivity contribution in [3.63, 3.8) is 0 Å². The second-order valence-electron chi connectivity index (χ2n) is 5.33. The maximum atomic E-state index is 11.5. The molecular weight excluding hydrogens is 190 g/mol. The number of ether oxygens (including phenoxy) is 1. The van der Waals surface area contributed by atoms with E-state index in [1.807, 2.05) is 20.8 Å². The molecule has 0 saturated heterocycles. The van der Waals surface area contributed by atoms with Gasteiger partial charge in [0.25, 0.3) is 0 Å². The van der Waals surface area contributed by atoms with E-state index in [1.165, 1.54) is 25.7 Å². The Labute approximate surface area is 92.6 Å². The lowest BCUT2D eigenvalue weighted by Gasteiger charge is -2.22. The molecule has 1 N–H and O–H groups in total. The highest BCUT2D eigenvalue weighted by Gasteiger charge is 2.19. The van der Waals surface area contributed by atoms with Crippen LogP contribution in [0.2, 0.25) is 0 Å². The van der Waals surface area contributed by atoms with Crippen LogP contribution >= 0.6 is 0 Å². The minimum Gasteiger partial charge on any atom is -0.444 e. The van der Waals surface area contributed by atoms with Gasteiger partial charge in [0, 0.05) is 6.04 Å². The van der Waals surface area contributed by atoms with E-state index >= 15 is 0 Å². The van der Waals surface area contributed by atoms with Gasteiger partial charge in [-0.2, -0.15) is 0 Å². The van der Waals surface area contributed by atoms with Crippen LogP contribution in [0.5, 0.6) is 0 Å². The van der Waals surface area contributed by atoms with Crippen LogP contribution in [0.15, 0.2) is 0 Å². The summed E-state index contributed by atoms with van der Waals surface area (Å²) in [7, 11) is 0. The summed E-state index contributed by atoms with van der Waals surface area (Å²) in [5.41, 5.74) is -0.394. The quantitative estimate of drug-likeness (QED) is 0.679. The molecule has 3 heteroatoms. The minimum atomic E-state index is -0.394. The molecule has 1 amide bonds. The molecule has 15 heavy (non-hydrogen) atoms. The van der Waals surface area contributed by atoms with Gasteiger partial charge < -0.3 is 10.1 Å². The van der Waals surface area contributed by atoms with Gasteiger partial charge in [0.2, 0.25) is 0 Å². The Balaban J connectivity index is 2.30. The lowest BCUT2D eigenvalue weighted by Crippen LogP contribution is -2.38. The minimum absolute atomic E-state index is 0.269. The molecule has 0 radical (unpaired) electrons. The van der Waals surface area contributed by atoms with Crippen molar-refractivity contribution in [3.8, 4) is 0 Å². The van der Waals surface area contributed by atoms with Gasteiger partial charge in [-0.3, -0.25) is 0 Å². The molecule has 3 nitrogen and oxygen atoms in total. The van der Waals surface area contributed by atoms with Crippen LogP contribution in [0.25, 0.3) is 0 Å². The molecule has 0 aromatic heterocycles. The van der Waals surface area contributed by atoms with Crippen LogP contribution in [0.3, 0.4) is 0 Å². The zero-order chi connectivity index (χ0) is 11.3. The highest BCUT2D eigenvalue weighted by molar-refractivity contribution is 5.68. The zero-order valence-electron chi connectivity index (χ0n) is 10.1. The van der Waals surface area contributed by atoms with Gasteiger partial charge >= 0.3 is 6.09 Å². The van der Waals surface area contributed by atoms with E-state index in [0.717, 1.165) is 12.8 Å². The van der Waals surface area contributed by atoms with Gasteiger partial charge in [-0.05, 0) is 33.6 Å². The maximum Gasteiger partial charge on any atom is 0.407 e. The number of alkyl carbamates (subject to hydrolysis) is 1. The predicted octanol–water partition coefficient (Wildman–Crippen LogP) is 3.23. The standard InChI is InChI=1S/C12H23NO2/c1-12(2,3)15-11(14)13-10-8-6-4-5-7-9-10/h10H,4-9H2,1-3H3,(H,13,14). The summed E-state index contributed by atoms with van der Waals surface area (Å²) >= 11 is 0. The molecule has 1 rings (SSSR count). The fourth-order valence-corrected chi connectivity index (χ4v) is 1.90. The number of hydrogen-bond acceptors (Lipinski definition) is 2. The lowest BCUT2D eigenvalue weighted by molar-refractivity contribution is 0.0500. The van der Waals surface area contributed by atoms with Crippen molar-refractivity contribution in [2.24, 2.45) is 0 Å². The molecule has 1 fully saturated rings. The molecule has 0 aliphatic heterocycles. The van der Waals surface area contributed by atoms with Crippen molar-refractivity contribution in [1.29, 1.82) is 0 Å². The second-order valence-corrected chi connectivity index (χ2v) is 5.33. The molecule has 88 valence electrons. The first-order chi connectivity index (χ1) is 6.97.